The molecule has 2 rings (SSSR count). The molecule has 2 aliphatic heterocycles. The zero-order chi connectivity index (χ0) is 14.3. The van der Waals surface area contributed by atoms with Crippen molar-refractivity contribution in [3.05, 3.63) is 0 Å². The Labute approximate surface area is 113 Å². The van der Waals surface area contributed by atoms with Gasteiger partial charge in [-0.3, -0.25) is 13.2 Å². The molecule has 0 N–H and O–H groups in total. The summed E-state index contributed by atoms with van der Waals surface area (Å²) < 4.78 is 47.7. The van der Waals surface area contributed by atoms with E-state index in [0.717, 1.165) is 32.3 Å². The minimum absolute atomic E-state index is 0.126. The van der Waals surface area contributed by atoms with Gasteiger partial charge in [0.2, 0.25) is 0 Å². The van der Waals surface area contributed by atoms with E-state index in [4.69, 9.17) is 9.47 Å². The summed E-state index contributed by atoms with van der Waals surface area (Å²) in [6.07, 6.45) is 3.87. The van der Waals surface area contributed by atoms with Crippen LogP contribution in [0.4, 0.5) is 13.2 Å². The summed E-state index contributed by atoms with van der Waals surface area (Å²) in [6.45, 7) is 2.19. The fourth-order valence-corrected chi connectivity index (χ4v) is 1.93. The number of unbranched alkanes of at least 4 members (excludes halogenated alkanes) is 2. The number of rotatable bonds is 8. The van der Waals surface area contributed by atoms with E-state index in [-0.39, 0.29) is 6.10 Å². The van der Waals surface area contributed by atoms with Gasteiger partial charge < -0.3 is 9.47 Å². The van der Waals surface area contributed by atoms with Gasteiger partial charge in [0, 0.05) is 0 Å². The molecule has 0 aromatic carbocycles. The summed E-state index contributed by atoms with van der Waals surface area (Å²) in [6, 6.07) is 0. The van der Waals surface area contributed by atoms with E-state index in [2.05, 4.69) is 13.8 Å². The molecule has 114 valence electrons. The Bertz CT molecular complexity index is 235. The Kier molecular flexibility index (Phi) is 7.15. The quantitative estimate of drug-likeness (QED) is 0.501. The van der Waals surface area contributed by atoms with Crippen LogP contribution in [0.5, 0.6) is 0 Å². The van der Waals surface area contributed by atoms with Gasteiger partial charge in [-0.2, -0.15) is 0 Å². The zero-order valence-electron chi connectivity index (χ0n) is 11.8. The largest absolute Gasteiger partial charge is 0.373 e. The van der Waals surface area contributed by atoms with Gasteiger partial charge in [0.1, 0.15) is 20.0 Å². The van der Waals surface area contributed by atoms with Crippen molar-refractivity contribution in [2.24, 2.45) is 5.41 Å². The Morgan fingerprint density at radius 1 is 1.11 bits per heavy atom. The third kappa shape index (κ3) is 5.30. The lowest BCUT2D eigenvalue weighted by Gasteiger charge is -2.21. The molecule has 0 spiro atoms. The molecule has 3 atom stereocenters. The molecule has 2 aliphatic rings. The normalized spacial score (nSPS) is 28.6. The van der Waals surface area contributed by atoms with Crippen molar-refractivity contribution in [2.45, 2.75) is 57.8 Å². The summed E-state index contributed by atoms with van der Waals surface area (Å²) >= 11 is 0. The molecule has 0 aromatic rings. The number of halogens is 3. The summed E-state index contributed by atoms with van der Waals surface area (Å²) in [7, 11) is 0. The van der Waals surface area contributed by atoms with E-state index in [9.17, 15) is 13.2 Å². The Morgan fingerprint density at radius 3 is 2.00 bits per heavy atom. The van der Waals surface area contributed by atoms with Crippen LogP contribution < -0.4 is 0 Å². The number of alkyl halides is 3. The fourth-order valence-electron chi connectivity index (χ4n) is 1.93. The molecule has 2 saturated heterocycles. The number of ether oxygens (including phenoxy) is 2. The van der Waals surface area contributed by atoms with Gasteiger partial charge in [-0.05, 0) is 13.3 Å². The van der Waals surface area contributed by atoms with Crippen LogP contribution in [0.1, 0.15) is 39.5 Å². The summed E-state index contributed by atoms with van der Waals surface area (Å²) in [5.41, 5.74) is -1.52. The first kappa shape index (κ1) is 16.8. The summed E-state index contributed by atoms with van der Waals surface area (Å²) in [4.78, 5) is 0. The molecule has 5 heteroatoms. The van der Waals surface area contributed by atoms with E-state index in [1.54, 1.807) is 0 Å². The topological polar surface area (TPSA) is 25.1 Å². The van der Waals surface area contributed by atoms with Crippen LogP contribution in [-0.4, -0.2) is 44.9 Å². The smallest absolute Gasteiger partial charge is 0.103 e. The molecular weight excluding hydrogens is 257 g/mol. The van der Waals surface area contributed by atoms with Crippen LogP contribution in [0.2, 0.25) is 0 Å². The van der Waals surface area contributed by atoms with Gasteiger partial charge in [0.05, 0.1) is 30.3 Å². The average Bonchev–Trinajstić information content (AvgIpc) is 3.33. The Hall–Kier alpha value is -0.290. The predicted molar refractivity (Wildman–Crippen MR) is 68.6 cm³/mol. The standard InChI is InChI=1S/C11H19F3O.C3H6O/c1-2-3-4-5-9-10(15-9)11(6-12,7-13)8-14;1-3-2-4-3/h9-10H,2-8H2,1H3;3H,2H2,1H3. The number of epoxide rings is 2. The highest BCUT2D eigenvalue weighted by molar-refractivity contribution is 5.00. The van der Waals surface area contributed by atoms with Gasteiger partial charge in [-0.15, -0.1) is 0 Å². The first-order valence-electron chi connectivity index (χ1n) is 7.08. The van der Waals surface area contributed by atoms with E-state index >= 15 is 0 Å². The highest BCUT2D eigenvalue weighted by Gasteiger charge is 2.54. The molecule has 2 fully saturated rings. The molecule has 3 unspecified atom stereocenters. The molecule has 2 nitrogen and oxygen atoms in total. The lowest BCUT2D eigenvalue weighted by atomic mass is 9.86. The van der Waals surface area contributed by atoms with Crippen LogP contribution in [-0.2, 0) is 9.47 Å². The van der Waals surface area contributed by atoms with Gasteiger partial charge >= 0.3 is 0 Å². The first-order chi connectivity index (χ1) is 9.13. The van der Waals surface area contributed by atoms with Crippen LogP contribution in [0.3, 0.4) is 0 Å². The minimum atomic E-state index is -1.52. The van der Waals surface area contributed by atoms with Gasteiger partial charge in [-0.25, -0.2) is 0 Å². The van der Waals surface area contributed by atoms with Crippen molar-refractivity contribution in [1.82, 2.24) is 0 Å². The van der Waals surface area contributed by atoms with Crippen LogP contribution in [0, 0.1) is 5.41 Å². The van der Waals surface area contributed by atoms with E-state index < -0.39 is 31.5 Å². The summed E-state index contributed by atoms with van der Waals surface area (Å²) in [5.74, 6) is 0. The highest BCUT2D eigenvalue weighted by Crippen LogP contribution is 2.42. The second kappa shape index (κ2) is 8.10. The lowest BCUT2D eigenvalue weighted by molar-refractivity contribution is 0.0771. The van der Waals surface area contributed by atoms with Crippen molar-refractivity contribution < 1.29 is 22.6 Å². The Morgan fingerprint density at radius 2 is 1.63 bits per heavy atom. The maximum atomic E-state index is 12.6. The van der Waals surface area contributed by atoms with Crippen molar-refractivity contribution in [3.8, 4) is 0 Å². The van der Waals surface area contributed by atoms with Crippen molar-refractivity contribution in [1.29, 1.82) is 0 Å². The molecule has 0 amide bonds. The maximum Gasteiger partial charge on any atom is 0.103 e. The van der Waals surface area contributed by atoms with Crippen LogP contribution in [0.15, 0.2) is 0 Å². The van der Waals surface area contributed by atoms with Crippen molar-refractivity contribution >= 4 is 0 Å². The minimum Gasteiger partial charge on any atom is -0.373 e. The molecule has 0 bridgehead atoms. The molecule has 0 aliphatic carbocycles. The molecular formula is C14H25F3O2. The first-order valence-corrected chi connectivity index (χ1v) is 7.08. The van der Waals surface area contributed by atoms with E-state index in [1.165, 1.54) is 0 Å². The van der Waals surface area contributed by atoms with Gasteiger partial charge in [0.15, 0.2) is 0 Å². The third-order valence-corrected chi connectivity index (χ3v) is 3.58. The Balaban J connectivity index is 0.000000382. The lowest BCUT2D eigenvalue weighted by Crippen LogP contribution is -2.36. The van der Waals surface area contributed by atoms with Crippen molar-refractivity contribution in [3.63, 3.8) is 0 Å². The summed E-state index contributed by atoms with van der Waals surface area (Å²) in [5, 5.41) is 0. The second-order valence-corrected chi connectivity index (χ2v) is 5.50. The molecule has 2 heterocycles. The van der Waals surface area contributed by atoms with Crippen LogP contribution in [0.25, 0.3) is 0 Å². The van der Waals surface area contributed by atoms with Crippen molar-refractivity contribution in [2.75, 3.05) is 26.6 Å². The fraction of sp³-hybridized carbons (Fsp3) is 1.00. The molecule has 0 aromatic heterocycles. The highest BCUT2D eigenvalue weighted by atomic mass is 19.1. The monoisotopic (exact) mass is 282 g/mol. The van der Waals surface area contributed by atoms with E-state index in [0.29, 0.717) is 6.10 Å². The van der Waals surface area contributed by atoms with E-state index in [1.807, 2.05) is 0 Å². The zero-order valence-corrected chi connectivity index (χ0v) is 11.8. The third-order valence-electron chi connectivity index (χ3n) is 3.58. The SMILES string of the molecule is CC1CO1.CCCCCC1OC1C(CF)(CF)CF. The molecule has 19 heavy (non-hydrogen) atoms. The second-order valence-electron chi connectivity index (χ2n) is 5.50. The van der Waals surface area contributed by atoms with Crippen LogP contribution >= 0.6 is 0 Å². The van der Waals surface area contributed by atoms with Gasteiger partial charge in [0.25, 0.3) is 0 Å². The molecule has 0 saturated carbocycles. The average molecular weight is 282 g/mol. The molecule has 0 radical (unpaired) electrons. The maximum absolute atomic E-state index is 12.6. The predicted octanol–water partition coefficient (Wildman–Crippen LogP) is 3.63. The van der Waals surface area contributed by atoms with Gasteiger partial charge in [-0.1, -0.05) is 26.2 Å². The number of hydrogen-bond donors (Lipinski definition) is 0. The number of hydrogen-bond acceptors (Lipinski definition) is 2.